The predicted molar refractivity (Wildman–Crippen MR) is 94.0 cm³/mol. The summed E-state index contributed by atoms with van der Waals surface area (Å²) in [5.41, 5.74) is 6.25. The van der Waals surface area contributed by atoms with Gasteiger partial charge in [0.15, 0.2) is 0 Å². The van der Waals surface area contributed by atoms with Crippen LogP contribution in [0.5, 0.6) is 0 Å². The van der Waals surface area contributed by atoms with Crippen molar-refractivity contribution in [2.24, 2.45) is 0 Å². The smallest absolute Gasteiger partial charge is 0.231 e. The lowest BCUT2D eigenvalue weighted by Gasteiger charge is -2.17. The summed E-state index contributed by atoms with van der Waals surface area (Å²) in [5.74, 6) is 0.0523. The molecule has 0 radical (unpaired) electrons. The number of hydrogen-bond acceptors (Lipinski definition) is 2. The maximum Gasteiger partial charge on any atom is 0.231 e. The lowest BCUT2D eigenvalue weighted by atomic mass is 9.99. The van der Waals surface area contributed by atoms with Crippen molar-refractivity contribution in [2.75, 3.05) is 11.9 Å². The molecule has 3 aromatic rings. The first kappa shape index (κ1) is 15.3. The van der Waals surface area contributed by atoms with Crippen molar-refractivity contribution in [3.8, 4) is 0 Å². The molecule has 2 aromatic carbocycles. The van der Waals surface area contributed by atoms with E-state index in [-0.39, 0.29) is 5.91 Å². The van der Waals surface area contributed by atoms with Gasteiger partial charge in [0, 0.05) is 23.7 Å². The molecule has 0 saturated heterocycles. The Hall–Kier alpha value is -2.55. The quantitative estimate of drug-likeness (QED) is 0.710. The van der Waals surface area contributed by atoms with E-state index >= 15 is 0 Å². The molecule has 0 N–H and O–H groups in total. The summed E-state index contributed by atoms with van der Waals surface area (Å²) in [6.07, 6.45) is 2.06. The minimum absolute atomic E-state index is 0.0523. The molecule has 3 heteroatoms. The molecule has 23 heavy (non-hydrogen) atoms. The van der Waals surface area contributed by atoms with Crippen molar-refractivity contribution in [3.05, 3.63) is 64.9 Å². The van der Waals surface area contributed by atoms with E-state index in [1.54, 1.807) is 11.2 Å². The van der Waals surface area contributed by atoms with Crippen LogP contribution in [0.15, 0.2) is 47.1 Å². The van der Waals surface area contributed by atoms with Gasteiger partial charge in [-0.2, -0.15) is 0 Å². The first-order valence-electron chi connectivity index (χ1n) is 7.77. The summed E-state index contributed by atoms with van der Waals surface area (Å²) in [6.45, 7) is 6.21. The van der Waals surface area contributed by atoms with Crippen LogP contribution in [0.3, 0.4) is 0 Å². The van der Waals surface area contributed by atoms with Crippen molar-refractivity contribution >= 4 is 22.6 Å². The highest BCUT2D eigenvalue weighted by Crippen LogP contribution is 2.30. The number of nitrogens with zero attached hydrogens (tertiary/aromatic N) is 1. The molecule has 3 rings (SSSR count). The Morgan fingerprint density at radius 2 is 1.78 bits per heavy atom. The predicted octanol–water partition coefficient (Wildman–Crippen LogP) is 4.56. The Morgan fingerprint density at radius 3 is 2.48 bits per heavy atom. The molecule has 0 saturated carbocycles. The SMILES string of the molecule is Cc1cc(C)c2c(CC(=O)N(C)c3ccccc3)coc2c1C. The van der Waals surface area contributed by atoms with Gasteiger partial charge in [-0.15, -0.1) is 0 Å². The molecule has 0 atom stereocenters. The maximum atomic E-state index is 12.6. The first-order chi connectivity index (χ1) is 11.0. The van der Waals surface area contributed by atoms with Crippen LogP contribution in [-0.4, -0.2) is 13.0 Å². The third-order valence-corrected chi connectivity index (χ3v) is 4.49. The number of likely N-dealkylation sites (N-methyl/N-ethyl adjacent to an activating group) is 1. The molecule has 0 aliphatic heterocycles. The average Bonchev–Trinajstić information content (AvgIpc) is 2.97. The Bertz CT molecular complexity index is 862. The van der Waals surface area contributed by atoms with Crippen LogP contribution < -0.4 is 4.90 Å². The highest BCUT2D eigenvalue weighted by molar-refractivity contribution is 5.98. The molecule has 1 aromatic heterocycles. The zero-order valence-electron chi connectivity index (χ0n) is 14.0. The van der Waals surface area contributed by atoms with Gasteiger partial charge in [-0.25, -0.2) is 0 Å². The van der Waals surface area contributed by atoms with Crippen LogP contribution in [0, 0.1) is 20.8 Å². The number of para-hydroxylation sites is 1. The standard InChI is InChI=1S/C20H21NO2/c1-13-10-14(2)19-16(12-23-20(19)15(13)3)11-18(22)21(4)17-8-6-5-7-9-17/h5-10,12H,11H2,1-4H3. The molecule has 0 unspecified atom stereocenters. The first-order valence-corrected chi connectivity index (χ1v) is 7.77. The second kappa shape index (κ2) is 5.92. The van der Waals surface area contributed by atoms with Crippen LogP contribution in [0.2, 0.25) is 0 Å². The van der Waals surface area contributed by atoms with E-state index in [1.807, 2.05) is 37.4 Å². The van der Waals surface area contributed by atoms with Crippen molar-refractivity contribution in [1.82, 2.24) is 0 Å². The monoisotopic (exact) mass is 307 g/mol. The van der Waals surface area contributed by atoms with E-state index in [4.69, 9.17) is 4.42 Å². The molecular weight excluding hydrogens is 286 g/mol. The summed E-state index contributed by atoms with van der Waals surface area (Å²) in [4.78, 5) is 14.3. The second-order valence-electron chi connectivity index (χ2n) is 6.07. The molecule has 0 spiro atoms. The lowest BCUT2D eigenvalue weighted by Crippen LogP contribution is -2.27. The topological polar surface area (TPSA) is 33.5 Å². The van der Waals surface area contributed by atoms with Gasteiger partial charge in [-0.05, 0) is 49.6 Å². The van der Waals surface area contributed by atoms with Crippen molar-refractivity contribution < 1.29 is 9.21 Å². The molecule has 1 heterocycles. The summed E-state index contributed by atoms with van der Waals surface area (Å²) < 4.78 is 5.76. The van der Waals surface area contributed by atoms with E-state index in [0.717, 1.165) is 33.3 Å². The number of aryl methyl sites for hydroxylation is 3. The Labute approximate surface area is 136 Å². The van der Waals surface area contributed by atoms with Crippen molar-refractivity contribution in [2.45, 2.75) is 27.2 Å². The number of amides is 1. The highest BCUT2D eigenvalue weighted by Gasteiger charge is 2.18. The van der Waals surface area contributed by atoms with Crippen LogP contribution in [0.25, 0.3) is 11.0 Å². The number of hydrogen-bond donors (Lipinski definition) is 0. The number of carbonyl (C=O) groups is 1. The normalized spacial score (nSPS) is 11.0. The number of anilines is 1. The molecular formula is C20H21NO2. The van der Waals surface area contributed by atoms with E-state index in [1.165, 1.54) is 5.56 Å². The molecule has 0 aliphatic carbocycles. The van der Waals surface area contributed by atoms with E-state index in [9.17, 15) is 4.79 Å². The molecule has 0 fully saturated rings. The van der Waals surface area contributed by atoms with Gasteiger partial charge < -0.3 is 9.32 Å². The van der Waals surface area contributed by atoms with E-state index in [2.05, 4.69) is 26.8 Å². The fraction of sp³-hybridized carbons (Fsp3) is 0.250. The fourth-order valence-corrected chi connectivity index (χ4v) is 2.99. The maximum absolute atomic E-state index is 12.6. The average molecular weight is 307 g/mol. The van der Waals surface area contributed by atoms with E-state index < -0.39 is 0 Å². The van der Waals surface area contributed by atoms with Gasteiger partial charge in [0.05, 0.1) is 12.7 Å². The minimum atomic E-state index is 0.0523. The van der Waals surface area contributed by atoms with Crippen LogP contribution >= 0.6 is 0 Å². The Balaban J connectivity index is 1.93. The Kier molecular flexibility index (Phi) is 3.95. The minimum Gasteiger partial charge on any atom is -0.464 e. The fourth-order valence-electron chi connectivity index (χ4n) is 2.99. The van der Waals surface area contributed by atoms with Gasteiger partial charge in [0.25, 0.3) is 0 Å². The zero-order chi connectivity index (χ0) is 16.6. The molecule has 1 amide bonds. The van der Waals surface area contributed by atoms with Gasteiger partial charge in [0.1, 0.15) is 5.58 Å². The second-order valence-corrected chi connectivity index (χ2v) is 6.07. The third-order valence-electron chi connectivity index (χ3n) is 4.49. The highest BCUT2D eigenvalue weighted by atomic mass is 16.3. The van der Waals surface area contributed by atoms with Gasteiger partial charge in [0.2, 0.25) is 5.91 Å². The van der Waals surface area contributed by atoms with Gasteiger partial charge >= 0.3 is 0 Å². The van der Waals surface area contributed by atoms with Crippen LogP contribution in [0.4, 0.5) is 5.69 Å². The largest absolute Gasteiger partial charge is 0.464 e. The zero-order valence-corrected chi connectivity index (χ0v) is 14.0. The van der Waals surface area contributed by atoms with Crippen LogP contribution in [0.1, 0.15) is 22.3 Å². The molecule has 118 valence electrons. The summed E-state index contributed by atoms with van der Waals surface area (Å²) in [5, 5.41) is 1.07. The number of carbonyl (C=O) groups excluding carboxylic acids is 1. The van der Waals surface area contributed by atoms with Gasteiger partial charge in [-0.3, -0.25) is 4.79 Å². The molecule has 3 nitrogen and oxygen atoms in total. The molecule has 0 aliphatic rings. The number of fused-ring (bicyclic) bond motifs is 1. The van der Waals surface area contributed by atoms with E-state index in [0.29, 0.717) is 6.42 Å². The summed E-state index contributed by atoms with van der Waals surface area (Å²) in [7, 11) is 1.81. The lowest BCUT2D eigenvalue weighted by molar-refractivity contribution is -0.117. The third kappa shape index (κ3) is 2.74. The summed E-state index contributed by atoms with van der Waals surface area (Å²) in [6, 6.07) is 11.8. The van der Waals surface area contributed by atoms with Crippen molar-refractivity contribution in [3.63, 3.8) is 0 Å². The van der Waals surface area contributed by atoms with Crippen molar-refractivity contribution in [1.29, 1.82) is 0 Å². The van der Waals surface area contributed by atoms with Crippen LogP contribution in [-0.2, 0) is 11.2 Å². The van der Waals surface area contributed by atoms with Gasteiger partial charge in [-0.1, -0.05) is 24.3 Å². The Morgan fingerprint density at radius 1 is 1.09 bits per heavy atom. The number of rotatable bonds is 3. The number of furan rings is 1. The molecule has 0 bridgehead atoms. The number of benzene rings is 2. The summed E-state index contributed by atoms with van der Waals surface area (Å²) >= 11 is 0.